The molecule has 0 radical (unpaired) electrons. The van der Waals surface area contributed by atoms with Crippen molar-refractivity contribution in [1.29, 1.82) is 0 Å². The van der Waals surface area contributed by atoms with Crippen molar-refractivity contribution >= 4 is 18.1 Å². The van der Waals surface area contributed by atoms with Crippen LogP contribution in [0, 0.1) is 6.92 Å². The Bertz CT molecular complexity index is 2490. The van der Waals surface area contributed by atoms with E-state index < -0.39 is 21.3 Å². The maximum absolute atomic E-state index is 6.88. The first-order valence-corrected chi connectivity index (χ1v) is 23.4. The molecule has 0 unspecified atom stereocenters. The number of rotatable bonds is 6. The van der Waals surface area contributed by atoms with Gasteiger partial charge in [-0.1, -0.05) is 0 Å². The van der Waals surface area contributed by atoms with E-state index in [0.29, 0.717) is 0 Å². The van der Waals surface area contributed by atoms with Crippen molar-refractivity contribution in [3.63, 3.8) is 0 Å². The number of benzene rings is 6. The quantitative estimate of drug-likeness (QED) is 0.163. The van der Waals surface area contributed by atoms with Gasteiger partial charge < -0.3 is 24.8 Å². The van der Waals surface area contributed by atoms with Crippen molar-refractivity contribution in [2.24, 2.45) is 0 Å². The Morgan fingerprint density at radius 3 is 1.82 bits per heavy atom. The van der Waals surface area contributed by atoms with Crippen LogP contribution in [-0.2, 0) is 38.5 Å². The summed E-state index contributed by atoms with van der Waals surface area (Å²) in [6, 6.07) is 47.9. The van der Waals surface area contributed by atoms with E-state index in [0.717, 1.165) is 17.9 Å². The van der Waals surface area contributed by atoms with Crippen LogP contribution in [0.4, 0.5) is 0 Å². The summed E-state index contributed by atoms with van der Waals surface area (Å²) in [4.78, 5) is 0. The molecule has 0 nitrogen and oxygen atoms in total. The van der Waals surface area contributed by atoms with Crippen LogP contribution in [-0.4, -0.2) is 3.21 Å². The van der Waals surface area contributed by atoms with Gasteiger partial charge in [0.05, 0.1) is 0 Å². The summed E-state index contributed by atoms with van der Waals surface area (Å²) in [7, 11) is 0. The van der Waals surface area contributed by atoms with E-state index in [-0.39, 0.29) is 35.6 Å². The normalized spacial score (nSPS) is 13.3. The van der Waals surface area contributed by atoms with Crippen molar-refractivity contribution in [3.05, 3.63) is 193 Å². The number of allylic oxidation sites excluding steroid dienone is 4. The molecule has 0 saturated carbocycles. The van der Waals surface area contributed by atoms with E-state index in [1.165, 1.54) is 75.5 Å². The molecule has 6 aromatic rings. The Balaban J connectivity index is 0.00000266. The van der Waals surface area contributed by atoms with Gasteiger partial charge in [-0.2, -0.15) is 0 Å². The predicted molar refractivity (Wildman–Crippen MR) is 230 cm³/mol. The summed E-state index contributed by atoms with van der Waals surface area (Å²) in [6.45, 7) is 16.5. The summed E-state index contributed by atoms with van der Waals surface area (Å²) in [5, 5.41) is 0.783. The Kier molecular flexibility index (Phi) is 12.6. The fraction of sp³-hybridized carbons (Fsp3) is 0.212. The first kappa shape index (κ1) is 42.0. The second-order valence-corrected chi connectivity index (χ2v) is 23.4. The van der Waals surface area contributed by atoms with E-state index in [9.17, 15) is 0 Å². The molecule has 0 atom stereocenters. The van der Waals surface area contributed by atoms with Crippen LogP contribution < -0.4 is 28.1 Å². The molecular weight excluding hydrogens is 822 g/mol. The first-order chi connectivity index (χ1) is 25.9. The Labute approximate surface area is 359 Å². The van der Waals surface area contributed by atoms with Gasteiger partial charge in [-0.15, -0.1) is 0 Å². The average molecular weight is 872 g/mol. The average Bonchev–Trinajstić information content (AvgIpc) is 3.81. The molecule has 282 valence electrons. The molecule has 0 aromatic heterocycles. The minimum Gasteiger partial charge on any atom is -1.00 e. The molecule has 0 amide bonds. The minimum absolute atomic E-state index is 0. The summed E-state index contributed by atoms with van der Waals surface area (Å²) >= 11 is 3.78. The Morgan fingerprint density at radius 2 is 1.23 bits per heavy atom. The van der Waals surface area contributed by atoms with E-state index in [4.69, 9.17) is 11.6 Å². The Hall–Kier alpha value is -3.58. The zero-order valence-corrected chi connectivity index (χ0v) is 38.1. The van der Waals surface area contributed by atoms with E-state index in [2.05, 4.69) is 188 Å². The van der Waals surface area contributed by atoms with Crippen LogP contribution >= 0.6 is 11.6 Å². The molecule has 2 aliphatic carbocycles. The van der Waals surface area contributed by atoms with Gasteiger partial charge in [0.25, 0.3) is 0 Å². The number of halogens is 3. The van der Waals surface area contributed by atoms with Crippen LogP contribution in [0.15, 0.2) is 149 Å². The fourth-order valence-electron chi connectivity index (χ4n) is 8.53. The third-order valence-corrected chi connectivity index (χ3v) is 19.1. The van der Waals surface area contributed by atoms with Gasteiger partial charge in [-0.3, -0.25) is 0 Å². The molecule has 0 saturated heterocycles. The molecular formula is C52H49Cl3Zr. The van der Waals surface area contributed by atoms with Gasteiger partial charge in [-0.25, -0.2) is 0 Å². The summed E-state index contributed by atoms with van der Waals surface area (Å²) in [6.07, 6.45) is 9.05. The molecule has 0 fully saturated rings. The second kappa shape index (κ2) is 16.7. The monoisotopic (exact) mass is 868 g/mol. The van der Waals surface area contributed by atoms with Gasteiger partial charge in [0.2, 0.25) is 0 Å². The topological polar surface area (TPSA) is 0 Å². The van der Waals surface area contributed by atoms with Gasteiger partial charge in [0.1, 0.15) is 0 Å². The molecule has 56 heavy (non-hydrogen) atoms. The number of hydrogen-bond donors (Lipinski definition) is 0. The molecule has 0 heterocycles. The number of fused-ring (bicyclic) bond motifs is 3. The molecule has 0 N–H and O–H groups in total. The van der Waals surface area contributed by atoms with Gasteiger partial charge >= 0.3 is 338 Å². The van der Waals surface area contributed by atoms with Gasteiger partial charge in [-0.05, 0) is 0 Å². The van der Waals surface area contributed by atoms with E-state index in [1.807, 2.05) is 6.07 Å². The van der Waals surface area contributed by atoms with Crippen LogP contribution in [0.2, 0.25) is 5.02 Å². The zero-order chi connectivity index (χ0) is 37.8. The van der Waals surface area contributed by atoms with Crippen LogP contribution in [0.3, 0.4) is 0 Å². The molecule has 0 aliphatic heterocycles. The van der Waals surface area contributed by atoms with Crippen molar-refractivity contribution in [3.8, 4) is 33.4 Å². The minimum atomic E-state index is -3.10. The van der Waals surface area contributed by atoms with Crippen LogP contribution in [0.1, 0.15) is 86.9 Å². The van der Waals surface area contributed by atoms with Crippen molar-refractivity contribution in [2.45, 2.75) is 72.1 Å². The van der Waals surface area contributed by atoms with Crippen LogP contribution in [0.5, 0.6) is 0 Å². The maximum Gasteiger partial charge on any atom is -1.00 e. The predicted octanol–water partition coefficient (Wildman–Crippen LogP) is 7.51. The third kappa shape index (κ3) is 8.09. The third-order valence-electron chi connectivity index (χ3n) is 11.1. The van der Waals surface area contributed by atoms with Crippen molar-refractivity contribution < 1.29 is 46.1 Å². The largest absolute Gasteiger partial charge is 1.00 e. The molecule has 8 rings (SSSR count). The van der Waals surface area contributed by atoms with Gasteiger partial charge in [0, 0.05) is 0 Å². The van der Waals surface area contributed by atoms with E-state index >= 15 is 0 Å². The van der Waals surface area contributed by atoms with E-state index in [1.54, 1.807) is 6.55 Å². The molecule has 0 bridgehead atoms. The zero-order valence-electron chi connectivity index (χ0n) is 33.4. The number of aryl methyl sites for hydroxylation is 1. The molecule has 2 aliphatic rings. The second-order valence-electron chi connectivity index (χ2n) is 17.1. The molecule has 4 heteroatoms. The fourth-order valence-corrected chi connectivity index (χ4v) is 17.1. The van der Waals surface area contributed by atoms with Crippen molar-refractivity contribution in [2.75, 3.05) is 0 Å². The standard InChI is InChI=1S/C33H33.C14H11Cl.C5H5.2ClH.Zr/c1-32(2,3)30-20-26-24(18-28(30)22-13-9-7-10-14-22)17-25-19-29(23-15-11-8-12-16-23)31(21-27(25)26)33(4,5)6;1-11-5-7-12(8-6-11)9-13-3-2-4-14(15)10-13;1-2-4-5-3-1;;;/h7-16,18,20-21H,17H2,1-6H3;2-8,10H,1H3;1-3H,4H2;2*1H;/q;;;;;+2/p-2. The summed E-state index contributed by atoms with van der Waals surface area (Å²) in [5.41, 5.74) is 17.7. The van der Waals surface area contributed by atoms with Crippen LogP contribution in [0.25, 0.3) is 33.4 Å². The Morgan fingerprint density at radius 1 is 0.607 bits per heavy atom. The molecule has 6 aromatic carbocycles. The first-order valence-electron chi connectivity index (χ1n) is 19.3. The number of hydrogen-bond acceptors (Lipinski definition) is 0. The van der Waals surface area contributed by atoms with Crippen molar-refractivity contribution in [1.82, 2.24) is 0 Å². The SMILES string of the molecule is Cc1ccc(/[C](c2cccc(Cl)c2)=[Zr+2](\[C]2=CC=CC2)[c]2c3c(cc(C(C)(C)C)c2-c2ccccc2)-c2cc(C(C)(C)C)c(-c4ccccc4)cc2C3)cc1.[Cl-].[Cl-]. The van der Waals surface area contributed by atoms with Gasteiger partial charge in [0.15, 0.2) is 0 Å². The summed E-state index contributed by atoms with van der Waals surface area (Å²) in [5.74, 6) is 0. The molecule has 0 spiro atoms. The summed E-state index contributed by atoms with van der Waals surface area (Å²) < 4.78 is 4.72. The maximum atomic E-state index is 6.88. The smallest absolute Gasteiger partial charge is 1.00 e.